The summed E-state index contributed by atoms with van der Waals surface area (Å²) in [4.78, 5) is 23.8. The lowest BCUT2D eigenvalue weighted by Crippen LogP contribution is -2.14. The molecule has 1 amide bonds. The molecule has 3 aromatic carbocycles. The van der Waals surface area contributed by atoms with Crippen LogP contribution < -0.4 is 10.1 Å². The Labute approximate surface area is 163 Å². The average Bonchev–Trinajstić information content (AvgIpc) is 2.68. The fourth-order valence-corrected chi connectivity index (χ4v) is 2.53. The second-order valence-electron chi connectivity index (χ2n) is 5.96. The van der Waals surface area contributed by atoms with Gasteiger partial charge < -0.3 is 15.2 Å². The van der Waals surface area contributed by atoms with Gasteiger partial charge in [0.05, 0.1) is 16.8 Å². The Balaban J connectivity index is 1.89. The molecule has 148 valence electrons. The van der Waals surface area contributed by atoms with E-state index >= 15 is 0 Å². The first-order valence-corrected chi connectivity index (χ1v) is 8.33. The van der Waals surface area contributed by atoms with Crippen molar-refractivity contribution in [2.24, 2.45) is 0 Å². The number of hydrogen-bond acceptors (Lipinski definition) is 3. The maximum absolute atomic E-state index is 12.8. The minimum atomic E-state index is -4.53. The number of carbonyl (C=O) groups is 2. The highest BCUT2D eigenvalue weighted by Crippen LogP contribution is 2.33. The molecule has 8 heteroatoms. The first kappa shape index (κ1) is 19.9. The summed E-state index contributed by atoms with van der Waals surface area (Å²) < 4.78 is 44.0. The molecule has 3 rings (SSSR count). The molecule has 0 aromatic heterocycles. The molecule has 5 nitrogen and oxygen atoms in total. The van der Waals surface area contributed by atoms with Gasteiger partial charge in [0.15, 0.2) is 0 Å². The number of carboxylic acids is 1. The standard InChI is InChI=1S/C21H14F3NO4/c22-21(23,24)14-7-4-8-15(11-14)29-16-9-10-17(20(27)28)18(12-16)25-19(26)13-5-2-1-3-6-13/h1-12H,(H,25,26)(H,27,28). The number of ether oxygens (including phenoxy) is 1. The third-order valence-electron chi connectivity index (χ3n) is 3.90. The van der Waals surface area contributed by atoms with E-state index in [2.05, 4.69) is 5.32 Å². The molecule has 0 bridgehead atoms. The fraction of sp³-hybridized carbons (Fsp3) is 0.0476. The van der Waals surface area contributed by atoms with Gasteiger partial charge in [-0.15, -0.1) is 0 Å². The van der Waals surface area contributed by atoms with Crippen LogP contribution in [0.25, 0.3) is 0 Å². The number of anilines is 1. The largest absolute Gasteiger partial charge is 0.478 e. The number of alkyl halides is 3. The summed E-state index contributed by atoms with van der Waals surface area (Å²) in [7, 11) is 0. The summed E-state index contributed by atoms with van der Waals surface area (Å²) in [6.07, 6.45) is -4.53. The lowest BCUT2D eigenvalue weighted by atomic mass is 10.1. The molecular formula is C21H14F3NO4. The average molecular weight is 401 g/mol. The van der Waals surface area contributed by atoms with Gasteiger partial charge in [-0.25, -0.2) is 4.79 Å². The molecule has 0 saturated carbocycles. The van der Waals surface area contributed by atoms with Crippen molar-refractivity contribution >= 4 is 17.6 Å². The molecule has 3 aromatic rings. The number of aromatic carboxylic acids is 1. The number of rotatable bonds is 5. The van der Waals surface area contributed by atoms with Crippen LogP contribution in [0, 0.1) is 0 Å². The summed E-state index contributed by atoms with van der Waals surface area (Å²) in [5.74, 6) is -1.83. The molecule has 2 N–H and O–H groups in total. The second kappa shape index (κ2) is 8.05. The molecule has 0 saturated heterocycles. The maximum Gasteiger partial charge on any atom is 0.416 e. The van der Waals surface area contributed by atoms with Crippen LogP contribution in [0.2, 0.25) is 0 Å². The quantitative estimate of drug-likeness (QED) is 0.596. The molecular weight excluding hydrogens is 387 g/mol. The highest BCUT2D eigenvalue weighted by Gasteiger charge is 2.30. The highest BCUT2D eigenvalue weighted by molar-refractivity contribution is 6.07. The number of halogens is 3. The summed E-state index contributed by atoms with van der Waals surface area (Å²) in [5.41, 5.74) is -0.802. The minimum absolute atomic E-state index is 0.0455. The first-order chi connectivity index (χ1) is 13.7. The summed E-state index contributed by atoms with van der Waals surface area (Å²) in [5, 5.41) is 11.8. The van der Waals surface area contributed by atoms with Crippen LogP contribution in [0.5, 0.6) is 11.5 Å². The second-order valence-corrected chi connectivity index (χ2v) is 5.96. The van der Waals surface area contributed by atoms with E-state index in [0.29, 0.717) is 5.56 Å². The zero-order chi connectivity index (χ0) is 21.0. The van der Waals surface area contributed by atoms with Crippen LogP contribution in [-0.2, 0) is 6.18 Å². The van der Waals surface area contributed by atoms with E-state index in [1.165, 1.54) is 30.3 Å². The minimum Gasteiger partial charge on any atom is -0.478 e. The molecule has 0 unspecified atom stereocenters. The lowest BCUT2D eigenvalue weighted by Gasteiger charge is -2.13. The Hall–Kier alpha value is -3.81. The Morgan fingerprint density at radius 3 is 2.21 bits per heavy atom. The van der Waals surface area contributed by atoms with Crippen LogP contribution in [-0.4, -0.2) is 17.0 Å². The molecule has 0 radical (unpaired) electrons. The van der Waals surface area contributed by atoms with Gasteiger partial charge in [-0.2, -0.15) is 13.2 Å². The van der Waals surface area contributed by atoms with Crippen molar-refractivity contribution in [3.63, 3.8) is 0 Å². The van der Waals surface area contributed by atoms with Crippen LogP contribution in [0.1, 0.15) is 26.3 Å². The van der Waals surface area contributed by atoms with Gasteiger partial charge in [0.1, 0.15) is 11.5 Å². The van der Waals surface area contributed by atoms with E-state index < -0.39 is 23.6 Å². The lowest BCUT2D eigenvalue weighted by molar-refractivity contribution is -0.137. The van der Waals surface area contributed by atoms with Crippen molar-refractivity contribution in [1.82, 2.24) is 0 Å². The predicted octanol–water partition coefficient (Wildman–Crippen LogP) is 5.45. The van der Waals surface area contributed by atoms with Crippen molar-refractivity contribution < 1.29 is 32.6 Å². The normalized spacial score (nSPS) is 11.0. The highest BCUT2D eigenvalue weighted by atomic mass is 19.4. The van der Waals surface area contributed by atoms with Crippen molar-refractivity contribution in [3.8, 4) is 11.5 Å². The van der Waals surface area contributed by atoms with Crippen LogP contribution in [0.4, 0.5) is 18.9 Å². The Morgan fingerprint density at radius 1 is 0.862 bits per heavy atom. The zero-order valence-electron chi connectivity index (χ0n) is 14.7. The van der Waals surface area contributed by atoms with E-state index in [9.17, 15) is 27.9 Å². The third kappa shape index (κ3) is 4.92. The number of benzene rings is 3. The van der Waals surface area contributed by atoms with Gasteiger partial charge >= 0.3 is 12.1 Å². The monoisotopic (exact) mass is 401 g/mol. The molecule has 29 heavy (non-hydrogen) atoms. The number of carbonyl (C=O) groups excluding carboxylic acids is 1. The number of carboxylic acid groups (broad SMARTS) is 1. The van der Waals surface area contributed by atoms with Crippen LogP contribution >= 0.6 is 0 Å². The van der Waals surface area contributed by atoms with Gasteiger partial charge in [-0.3, -0.25) is 4.79 Å². The fourth-order valence-electron chi connectivity index (χ4n) is 2.53. The molecule has 0 heterocycles. The number of nitrogens with one attached hydrogen (secondary N) is 1. The van der Waals surface area contributed by atoms with Gasteiger partial charge in [-0.1, -0.05) is 24.3 Å². The van der Waals surface area contributed by atoms with Crippen molar-refractivity contribution in [2.75, 3.05) is 5.32 Å². The van der Waals surface area contributed by atoms with Crippen molar-refractivity contribution in [3.05, 3.63) is 89.5 Å². The Bertz CT molecular complexity index is 1050. The Morgan fingerprint density at radius 2 is 1.55 bits per heavy atom. The third-order valence-corrected chi connectivity index (χ3v) is 3.90. The van der Waals surface area contributed by atoms with Gasteiger partial charge in [-0.05, 0) is 42.5 Å². The molecule has 0 fully saturated rings. The van der Waals surface area contributed by atoms with Gasteiger partial charge in [0.25, 0.3) is 5.91 Å². The maximum atomic E-state index is 12.8. The molecule has 0 aliphatic rings. The Kier molecular flexibility index (Phi) is 5.54. The van der Waals surface area contributed by atoms with E-state index in [1.54, 1.807) is 30.3 Å². The molecule has 0 spiro atoms. The van der Waals surface area contributed by atoms with Crippen LogP contribution in [0.3, 0.4) is 0 Å². The summed E-state index contributed by atoms with van der Waals surface area (Å²) in [6.45, 7) is 0. The summed E-state index contributed by atoms with van der Waals surface area (Å²) in [6, 6.07) is 16.1. The number of hydrogen-bond donors (Lipinski definition) is 2. The first-order valence-electron chi connectivity index (χ1n) is 8.33. The van der Waals surface area contributed by atoms with E-state index in [1.807, 2.05) is 0 Å². The van der Waals surface area contributed by atoms with E-state index in [4.69, 9.17) is 4.74 Å². The van der Waals surface area contributed by atoms with Crippen molar-refractivity contribution in [2.45, 2.75) is 6.18 Å². The smallest absolute Gasteiger partial charge is 0.416 e. The van der Waals surface area contributed by atoms with Crippen LogP contribution in [0.15, 0.2) is 72.8 Å². The molecule has 0 aliphatic carbocycles. The van der Waals surface area contributed by atoms with Gasteiger partial charge in [0.2, 0.25) is 0 Å². The summed E-state index contributed by atoms with van der Waals surface area (Å²) >= 11 is 0. The predicted molar refractivity (Wildman–Crippen MR) is 99.3 cm³/mol. The number of amides is 1. The topological polar surface area (TPSA) is 75.6 Å². The zero-order valence-corrected chi connectivity index (χ0v) is 14.7. The van der Waals surface area contributed by atoms with Crippen molar-refractivity contribution in [1.29, 1.82) is 0 Å². The van der Waals surface area contributed by atoms with E-state index in [0.717, 1.165) is 12.1 Å². The van der Waals surface area contributed by atoms with E-state index in [-0.39, 0.29) is 22.7 Å². The molecule has 0 atom stereocenters. The SMILES string of the molecule is O=C(Nc1cc(Oc2cccc(C(F)(F)F)c2)ccc1C(=O)O)c1ccccc1. The van der Waals surface area contributed by atoms with Gasteiger partial charge in [0, 0.05) is 11.6 Å². The molecule has 0 aliphatic heterocycles.